The molecule has 0 bridgehead atoms. The largest absolute Gasteiger partial charge is 0.359 e. The first-order chi connectivity index (χ1) is 12.9. The predicted octanol–water partition coefficient (Wildman–Crippen LogP) is 6.05. The highest BCUT2D eigenvalue weighted by Crippen LogP contribution is 2.51. The summed E-state index contributed by atoms with van der Waals surface area (Å²) in [5, 5.41) is 0. The number of alkyl halides is 1. The fourth-order valence-corrected chi connectivity index (χ4v) is 4.98. The zero-order valence-electron chi connectivity index (χ0n) is 16.4. The van der Waals surface area contributed by atoms with Gasteiger partial charge in [-0.05, 0) is 71.6 Å². The summed E-state index contributed by atoms with van der Waals surface area (Å²) in [6.45, 7) is 6.56. The summed E-state index contributed by atoms with van der Waals surface area (Å²) in [6, 6.07) is 13.1. The van der Waals surface area contributed by atoms with E-state index >= 15 is 0 Å². The summed E-state index contributed by atoms with van der Waals surface area (Å²) < 4.78 is 5.32. The number of rotatable bonds is 2. The Morgan fingerprint density at radius 3 is 2.37 bits per heavy atom. The summed E-state index contributed by atoms with van der Waals surface area (Å²) in [5.74, 6) is 0. The summed E-state index contributed by atoms with van der Waals surface area (Å²) in [5.41, 5.74) is 11.2. The number of ether oxygens (including phenoxy) is 1. The number of likely N-dealkylation sites (N-methyl/N-ethyl adjacent to an activating group) is 1. The third kappa shape index (κ3) is 2.72. The van der Waals surface area contributed by atoms with Gasteiger partial charge in [-0.3, -0.25) is 0 Å². The lowest BCUT2D eigenvalue weighted by atomic mass is 9.79. The highest BCUT2D eigenvalue weighted by Gasteiger charge is 2.41. The van der Waals surface area contributed by atoms with E-state index in [1.54, 1.807) is 7.11 Å². The molecule has 0 saturated carbocycles. The molecule has 0 amide bonds. The van der Waals surface area contributed by atoms with Crippen LogP contribution in [0.3, 0.4) is 0 Å². The molecule has 0 aromatic heterocycles. The van der Waals surface area contributed by atoms with Crippen molar-refractivity contribution in [3.05, 3.63) is 93.7 Å². The second kappa shape index (κ2) is 6.50. The first-order valence-electron chi connectivity index (χ1n) is 9.17. The van der Waals surface area contributed by atoms with Crippen molar-refractivity contribution >= 4 is 27.2 Å². The van der Waals surface area contributed by atoms with Gasteiger partial charge in [0, 0.05) is 42.3 Å². The minimum absolute atomic E-state index is 0.655. The van der Waals surface area contributed by atoms with Crippen molar-refractivity contribution in [3.8, 4) is 0 Å². The molecule has 1 atom stereocenters. The van der Waals surface area contributed by atoms with Crippen LogP contribution in [0.5, 0.6) is 0 Å². The molecule has 3 heteroatoms. The van der Waals surface area contributed by atoms with Gasteiger partial charge in [0.2, 0.25) is 0 Å². The van der Waals surface area contributed by atoms with Crippen LogP contribution in [0.1, 0.15) is 27.8 Å². The van der Waals surface area contributed by atoms with Crippen molar-refractivity contribution in [2.75, 3.05) is 19.1 Å². The van der Waals surface area contributed by atoms with E-state index < -0.39 is 4.51 Å². The molecule has 1 aliphatic carbocycles. The van der Waals surface area contributed by atoms with Gasteiger partial charge < -0.3 is 9.64 Å². The lowest BCUT2D eigenvalue weighted by Gasteiger charge is -2.41. The Kier molecular flexibility index (Phi) is 4.40. The third-order valence-corrected chi connectivity index (χ3v) is 6.52. The fraction of sp³-hybridized carbons (Fsp3) is 0.250. The summed E-state index contributed by atoms with van der Waals surface area (Å²) in [6.07, 6.45) is 6.31. The predicted molar refractivity (Wildman–Crippen MR) is 117 cm³/mol. The number of para-hydroxylation sites is 1. The smallest absolute Gasteiger partial charge is 0.169 e. The van der Waals surface area contributed by atoms with Crippen LogP contribution in [-0.2, 0) is 4.74 Å². The first-order valence-corrected chi connectivity index (χ1v) is 9.96. The Labute approximate surface area is 170 Å². The molecule has 1 aliphatic heterocycles. The highest BCUT2D eigenvalue weighted by atomic mass is 79.9. The van der Waals surface area contributed by atoms with Gasteiger partial charge in [0.15, 0.2) is 4.51 Å². The molecule has 0 N–H and O–H groups in total. The van der Waals surface area contributed by atoms with Gasteiger partial charge in [0.05, 0.1) is 0 Å². The van der Waals surface area contributed by atoms with Crippen molar-refractivity contribution < 1.29 is 4.74 Å². The fourth-order valence-electron chi connectivity index (χ4n) is 4.43. The van der Waals surface area contributed by atoms with E-state index in [1.807, 2.05) is 0 Å². The van der Waals surface area contributed by atoms with Crippen molar-refractivity contribution in [3.63, 3.8) is 0 Å². The monoisotopic (exact) mass is 421 g/mol. The quantitative estimate of drug-likeness (QED) is 0.546. The van der Waals surface area contributed by atoms with Gasteiger partial charge in [-0.15, -0.1) is 0 Å². The van der Waals surface area contributed by atoms with Crippen LogP contribution >= 0.6 is 15.9 Å². The highest BCUT2D eigenvalue weighted by molar-refractivity contribution is 9.10. The van der Waals surface area contributed by atoms with Gasteiger partial charge >= 0.3 is 0 Å². The number of halogens is 1. The standard InChI is InChI=1S/C24H24BrNO/c1-15-13-16(2)21(17(3)14-15)22-18-9-6-7-10-19(18)26(4)20-11-8-12-24(25,27-5)23(20)22/h6-14H,1-5H3. The van der Waals surface area contributed by atoms with E-state index in [1.165, 1.54) is 39.1 Å². The zero-order valence-corrected chi connectivity index (χ0v) is 18.0. The number of anilines is 1. The second-order valence-electron chi connectivity index (χ2n) is 7.36. The van der Waals surface area contributed by atoms with Gasteiger partial charge in [0.1, 0.15) is 0 Å². The van der Waals surface area contributed by atoms with E-state index in [9.17, 15) is 0 Å². The Morgan fingerprint density at radius 1 is 1.04 bits per heavy atom. The molecule has 2 aliphatic rings. The Bertz CT molecular complexity index is 1010. The molecule has 1 unspecified atom stereocenters. The molecule has 4 rings (SSSR count). The van der Waals surface area contributed by atoms with E-state index in [4.69, 9.17) is 4.74 Å². The van der Waals surface area contributed by atoms with Crippen LogP contribution in [0, 0.1) is 20.8 Å². The molecule has 27 heavy (non-hydrogen) atoms. The van der Waals surface area contributed by atoms with Crippen LogP contribution in [0.2, 0.25) is 0 Å². The van der Waals surface area contributed by atoms with Crippen molar-refractivity contribution in [2.24, 2.45) is 0 Å². The van der Waals surface area contributed by atoms with E-state index in [2.05, 4.69) is 103 Å². The van der Waals surface area contributed by atoms with Crippen LogP contribution in [-0.4, -0.2) is 18.7 Å². The maximum Gasteiger partial charge on any atom is 0.169 e. The zero-order chi connectivity index (χ0) is 19.3. The number of allylic oxidation sites excluding steroid dienone is 2. The van der Waals surface area contributed by atoms with Gasteiger partial charge in [0.25, 0.3) is 0 Å². The van der Waals surface area contributed by atoms with Crippen LogP contribution in [0.4, 0.5) is 5.69 Å². The van der Waals surface area contributed by atoms with E-state index in [0.717, 1.165) is 11.3 Å². The minimum Gasteiger partial charge on any atom is -0.359 e. The number of nitrogens with zero attached hydrogens (tertiary/aromatic N) is 1. The third-order valence-electron chi connectivity index (χ3n) is 5.53. The number of aryl methyl sites for hydroxylation is 3. The van der Waals surface area contributed by atoms with E-state index in [-0.39, 0.29) is 0 Å². The Hall–Kier alpha value is -2.10. The molecular formula is C24H24BrNO. The number of hydrogen-bond donors (Lipinski definition) is 0. The number of fused-ring (bicyclic) bond motifs is 2. The van der Waals surface area contributed by atoms with E-state index in [0.29, 0.717) is 0 Å². The van der Waals surface area contributed by atoms with Gasteiger partial charge in [-0.2, -0.15) is 0 Å². The Morgan fingerprint density at radius 2 is 1.70 bits per heavy atom. The maximum atomic E-state index is 5.97. The molecule has 0 fully saturated rings. The normalized spacial score (nSPS) is 21.1. The molecule has 2 aromatic carbocycles. The molecule has 2 nitrogen and oxygen atoms in total. The molecular weight excluding hydrogens is 398 g/mol. The lowest BCUT2D eigenvalue weighted by Crippen LogP contribution is -2.36. The number of benzene rings is 2. The van der Waals surface area contributed by atoms with Crippen molar-refractivity contribution in [1.29, 1.82) is 0 Å². The first kappa shape index (κ1) is 18.3. The summed E-state index contributed by atoms with van der Waals surface area (Å²) >= 11 is 3.88. The Balaban J connectivity index is 2.17. The topological polar surface area (TPSA) is 12.5 Å². The van der Waals surface area contributed by atoms with Crippen molar-refractivity contribution in [2.45, 2.75) is 25.3 Å². The van der Waals surface area contributed by atoms with Crippen LogP contribution < -0.4 is 4.90 Å². The summed E-state index contributed by atoms with van der Waals surface area (Å²) in [4.78, 5) is 2.26. The van der Waals surface area contributed by atoms with Gasteiger partial charge in [-0.1, -0.05) is 42.0 Å². The molecule has 0 radical (unpaired) electrons. The summed E-state index contributed by atoms with van der Waals surface area (Å²) in [7, 11) is 3.88. The molecule has 1 heterocycles. The maximum absolute atomic E-state index is 5.97. The molecule has 0 saturated heterocycles. The minimum atomic E-state index is -0.655. The number of hydrogen-bond acceptors (Lipinski definition) is 2. The molecule has 2 aromatic rings. The molecule has 138 valence electrons. The number of methoxy groups -OCH3 is 1. The second-order valence-corrected chi connectivity index (χ2v) is 8.54. The molecule has 0 spiro atoms. The van der Waals surface area contributed by atoms with Crippen LogP contribution in [0.15, 0.2) is 65.9 Å². The lowest BCUT2D eigenvalue weighted by molar-refractivity contribution is 0.147. The van der Waals surface area contributed by atoms with Crippen LogP contribution in [0.25, 0.3) is 5.57 Å². The average Bonchev–Trinajstić information content (AvgIpc) is 2.64. The van der Waals surface area contributed by atoms with Gasteiger partial charge in [-0.25, -0.2) is 0 Å². The SMILES string of the molecule is COC1(Br)C=CC=C2C1=C(c1c(C)cc(C)cc1C)c1ccccc1N2C. The van der Waals surface area contributed by atoms with Crippen molar-refractivity contribution in [1.82, 2.24) is 0 Å². The average molecular weight is 422 g/mol.